The summed E-state index contributed by atoms with van der Waals surface area (Å²) >= 11 is 0. The molecule has 0 aliphatic rings. The molecule has 0 aromatic heterocycles. The Morgan fingerprint density at radius 2 is 1.84 bits per heavy atom. The molecule has 0 atom stereocenters. The SMILES string of the molecule is CCN(CC)CCOc1ccc(N)cc1C(=O)C=Cc1ccccc1. The zero-order valence-electron chi connectivity index (χ0n) is 14.9. The van der Waals surface area contributed by atoms with Crippen molar-refractivity contribution >= 4 is 17.5 Å². The highest BCUT2D eigenvalue weighted by Gasteiger charge is 2.11. The van der Waals surface area contributed by atoms with Crippen molar-refractivity contribution in [2.45, 2.75) is 13.8 Å². The number of rotatable bonds is 9. The monoisotopic (exact) mass is 338 g/mol. The van der Waals surface area contributed by atoms with E-state index in [2.05, 4.69) is 18.7 Å². The maximum absolute atomic E-state index is 12.6. The van der Waals surface area contributed by atoms with Crippen molar-refractivity contribution < 1.29 is 9.53 Å². The number of nitrogen functional groups attached to an aromatic ring is 1. The fraction of sp³-hybridized carbons (Fsp3) is 0.286. The van der Waals surface area contributed by atoms with Crippen LogP contribution in [0.25, 0.3) is 6.08 Å². The molecule has 0 radical (unpaired) electrons. The smallest absolute Gasteiger partial charge is 0.189 e. The maximum Gasteiger partial charge on any atom is 0.189 e. The highest BCUT2D eigenvalue weighted by atomic mass is 16.5. The summed E-state index contributed by atoms with van der Waals surface area (Å²) in [5.74, 6) is 0.457. The zero-order chi connectivity index (χ0) is 18.1. The van der Waals surface area contributed by atoms with Crippen LogP contribution in [-0.2, 0) is 0 Å². The molecule has 0 aliphatic heterocycles. The number of carbonyl (C=O) groups is 1. The minimum atomic E-state index is -0.117. The van der Waals surface area contributed by atoms with Crippen LogP contribution in [0.15, 0.2) is 54.6 Å². The summed E-state index contributed by atoms with van der Waals surface area (Å²) in [4.78, 5) is 14.8. The highest BCUT2D eigenvalue weighted by Crippen LogP contribution is 2.23. The number of carbonyl (C=O) groups excluding carboxylic acids is 1. The molecule has 0 unspecified atom stereocenters. The first-order valence-electron chi connectivity index (χ1n) is 8.66. The number of hydrogen-bond acceptors (Lipinski definition) is 4. The van der Waals surface area contributed by atoms with Gasteiger partial charge in [-0.25, -0.2) is 0 Å². The Kier molecular flexibility index (Phi) is 7.23. The van der Waals surface area contributed by atoms with E-state index >= 15 is 0 Å². The lowest BCUT2D eigenvalue weighted by Crippen LogP contribution is -2.28. The van der Waals surface area contributed by atoms with Crippen molar-refractivity contribution in [2.75, 3.05) is 32.0 Å². The van der Waals surface area contributed by atoms with Crippen molar-refractivity contribution in [3.63, 3.8) is 0 Å². The van der Waals surface area contributed by atoms with Gasteiger partial charge in [-0.2, -0.15) is 0 Å². The summed E-state index contributed by atoms with van der Waals surface area (Å²) < 4.78 is 5.85. The first-order valence-corrected chi connectivity index (χ1v) is 8.66. The number of nitrogens with two attached hydrogens (primary N) is 1. The molecule has 4 nitrogen and oxygen atoms in total. The number of likely N-dealkylation sites (N-methyl/N-ethyl adjacent to an activating group) is 1. The third-order valence-corrected chi connectivity index (χ3v) is 4.06. The Morgan fingerprint density at radius 1 is 1.12 bits per heavy atom. The van der Waals surface area contributed by atoms with Gasteiger partial charge in [-0.3, -0.25) is 4.79 Å². The van der Waals surface area contributed by atoms with Gasteiger partial charge in [-0.15, -0.1) is 0 Å². The first kappa shape index (κ1) is 18.7. The summed E-state index contributed by atoms with van der Waals surface area (Å²) in [5.41, 5.74) is 7.87. The van der Waals surface area contributed by atoms with Crippen LogP contribution in [0.4, 0.5) is 5.69 Å². The first-order chi connectivity index (χ1) is 12.1. The van der Waals surface area contributed by atoms with Gasteiger partial charge in [0.1, 0.15) is 12.4 Å². The molecule has 0 heterocycles. The molecular formula is C21H26N2O2. The number of ether oxygens (including phenoxy) is 1. The van der Waals surface area contributed by atoms with Crippen LogP contribution in [0.2, 0.25) is 0 Å². The second kappa shape index (κ2) is 9.64. The molecule has 2 aromatic rings. The molecule has 4 heteroatoms. The van der Waals surface area contributed by atoms with Crippen molar-refractivity contribution in [1.82, 2.24) is 4.90 Å². The molecule has 0 amide bonds. The van der Waals surface area contributed by atoms with E-state index < -0.39 is 0 Å². The lowest BCUT2D eigenvalue weighted by atomic mass is 10.1. The Labute approximate surface area is 149 Å². The standard InChI is InChI=1S/C21H26N2O2/c1-3-23(4-2)14-15-25-21-13-11-18(22)16-19(21)20(24)12-10-17-8-6-5-7-9-17/h5-13,16H,3-4,14-15,22H2,1-2H3. The van der Waals surface area contributed by atoms with Crippen LogP contribution < -0.4 is 10.5 Å². The van der Waals surface area contributed by atoms with E-state index in [0.29, 0.717) is 23.6 Å². The minimum absolute atomic E-state index is 0.117. The average molecular weight is 338 g/mol. The fourth-order valence-corrected chi connectivity index (χ4v) is 2.52. The Hall–Kier alpha value is -2.59. The normalized spacial score (nSPS) is 11.2. The van der Waals surface area contributed by atoms with Gasteiger partial charge in [0.25, 0.3) is 0 Å². The molecule has 2 N–H and O–H groups in total. The fourth-order valence-electron chi connectivity index (χ4n) is 2.52. The van der Waals surface area contributed by atoms with Gasteiger partial charge in [0.15, 0.2) is 5.78 Å². The number of allylic oxidation sites excluding steroid dienone is 1. The van der Waals surface area contributed by atoms with E-state index in [9.17, 15) is 4.79 Å². The largest absolute Gasteiger partial charge is 0.491 e. The molecule has 0 saturated heterocycles. The molecule has 0 saturated carbocycles. The van der Waals surface area contributed by atoms with Crippen LogP contribution in [0.1, 0.15) is 29.8 Å². The second-order valence-corrected chi connectivity index (χ2v) is 5.74. The number of anilines is 1. The molecule has 2 aromatic carbocycles. The Balaban J connectivity index is 2.09. The van der Waals surface area contributed by atoms with Crippen LogP contribution in [0, 0.1) is 0 Å². The van der Waals surface area contributed by atoms with Crippen LogP contribution >= 0.6 is 0 Å². The van der Waals surface area contributed by atoms with Gasteiger partial charge < -0.3 is 15.4 Å². The quantitative estimate of drug-likeness (QED) is 0.428. The van der Waals surface area contributed by atoms with Crippen molar-refractivity contribution in [2.24, 2.45) is 0 Å². The van der Waals surface area contributed by atoms with E-state index in [-0.39, 0.29) is 5.78 Å². The summed E-state index contributed by atoms with van der Waals surface area (Å²) in [6.45, 7) is 7.56. The van der Waals surface area contributed by atoms with E-state index in [4.69, 9.17) is 10.5 Å². The second-order valence-electron chi connectivity index (χ2n) is 5.74. The van der Waals surface area contributed by atoms with Crippen LogP contribution in [0.3, 0.4) is 0 Å². The van der Waals surface area contributed by atoms with Crippen LogP contribution in [-0.4, -0.2) is 36.9 Å². The third-order valence-electron chi connectivity index (χ3n) is 4.06. The summed E-state index contributed by atoms with van der Waals surface area (Å²) in [6, 6.07) is 14.9. The summed E-state index contributed by atoms with van der Waals surface area (Å²) in [6.07, 6.45) is 3.35. The van der Waals surface area contributed by atoms with Gasteiger partial charge in [0.2, 0.25) is 0 Å². The number of nitrogens with zero attached hydrogens (tertiary/aromatic N) is 1. The third kappa shape index (κ3) is 5.76. The molecule has 0 bridgehead atoms. The highest BCUT2D eigenvalue weighted by molar-refractivity contribution is 6.09. The molecule has 2 rings (SSSR count). The van der Waals surface area contributed by atoms with E-state index in [0.717, 1.165) is 25.2 Å². The van der Waals surface area contributed by atoms with E-state index in [1.807, 2.05) is 30.3 Å². The van der Waals surface area contributed by atoms with Gasteiger partial charge in [0, 0.05) is 12.2 Å². The lowest BCUT2D eigenvalue weighted by Gasteiger charge is -2.18. The van der Waals surface area contributed by atoms with Crippen molar-refractivity contribution in [1.29, 1.82) is 0 Å². The van der Waals surface area contributed by atoms with E-state index in [1.54, 1.807) is 30.4 Å². The average Bonchev–Trinajstić information content (AvgIpc) is 2.65. The number of hydrogen-bond donors (Lipinski definition) is 1. The zero-order valence-corrected chi connectivity index (χ0v) is 14.9. The minimum Gasteiger partial charge on any atom is -0.491 e. The van der Waals surface area contributed by atoms with E-state index in [1.165, 1.54) is 0 Å². The van der Waals surface area contributed by atoms with Crippen LogP contribution in [0.5, 0.6) is 5.75 Å². The van der Waals surface area contributed by atoms with Gasteiger partial charge >= 0.3 is 0 Å². The van der Waals surface area contributed by atoms with Gasteiger partial charge in [-0.1, -0.05) is 50.3 Å². The Morgan fingerprint density at radius 3 is 2.52 bits per heavy atom. The molecule has 0 fully saturated rings. The molecule has 25 heavy (non-hydrogen) atoms. The predicted octanol–water partition coefficient (Wildman–Crippen LogP) is 3.89. The molecular weight excluding hydrogens is 312 g/mol. The molecule has 132 valence electrons. The predicted molar refractivity (Wildman–Crippen MR) is 104 cm³/mol. The molecule has 0 aliphatic carbocycles. The molecule has 0 spiro atoms. The Bertz CT molecular complexity index is 707. The van der Waals surface area contributed by atoms with Gasteiger partial charge in [-0.05, 0) is 42.9 Å². The summed E-state index contributed by atoms with van der Waals surface area (Å²) in [7, 11) is 0. The van der Waals surface area contributed by atoms with Crippen molar-refractivity contribution in [3.05, 3.63) is 65.7 Å². The number of benzene rings is 2. The maximum atomic E-state index is 12.6. The summed E-state index contributed by atoms with van der Waals surface area (Å²) in [5, 5.41) is 0. The number of ketones is 1. The van der Waals surface area contributed by atoms with Gasteiger partial charge in [0.05, 0.1) is 5.56 Å². The lowest BCUT2D eigenvalue weighted by molar-refractivity contribution is 0.104. The van der Waals surface area contributed by atoms with Crippen molar-refractivity contribution in [3.8, 4) is 5.75 Å². The topological polar surface area (TPSA) is 55.6 Å².